The second-order valence-electron chi connectivity index (χ2n) is 8.60. The number of benzene rings is 1. The molecule has 1 aromatic heterocycles. The van der Waals surface area contributed by atoms with E-state index < -0.39 is 5.97 Å². The molecule has 0 bridgehead atoms. The maximum Gasteiger partial charge on any atom is 0.307 e. The third kappa shape index (κ3) is 2.08. The van der Waals surface area contributed by atoms with Crippen molar-refractivity contribution in [1.82, 2.24) is 4.98 Å². The van der Waals surface area contributed by atoms with Gasteiger partial charge in [0.25, 0.3) is 0 Å². The minimum atomic E-state index is -0.696. The van der Waals surface area contributed by atoms with E-state index in [4.69, 9.17) is 9.72 Å². The van der Waals surface area contributed by atoms with E-state index >= 15 is 0 Å². The third-order valence-corrected chi connectivity index (χ3v) is 6.69. The molecule has 5 rings (SSSR count). The van der Waals surface area contributed by atoms with E-state index in [0.717, 1.165) is 29.7 Å². The highest BCUT2D eigenvalue weighted by Gasteiger charge is 2.61. The molecule has 134 valence electrons. The highest BCUT2D eigenvalue weighted by Crippen LogP contribution is 2.63. The Hall–Kier alpha value is -2.36. The van der Waals surface area contributed by atoms with Crippen LogP contribution in [0.5, 0.6) is 5.88 Å². The van der Waals surface area contributed by atoms with Gasteiger partial charge in [0.15, 0.2) is 0 Å². The number of ether oxygens (including phenoxy) is 1. The number of carboxylic acids is 1. The number of nitrogens with zero attached hydrogens (tertiary/aromatic N) is 1. The van der Waals surface area contributed by atoms with Crippen LogP contribution in [0.2, 0.25) is 0 Å². The van der Waals surface area contributed by atoms with E-state index in [1.165, 1.54) is 23.1 Å². The number of rotatable bonds is 3. The van der Waals surface area contributed by atoms with E-state index in [0.29, 0.717) is 5.88 Å². The van der Waals surface area contributed by atoms with Crippen molar-refractivity contribution in [3.63, 3.8) is 0 Å². The summed E-state index contributed by atoms with van der Waals surface area (Å²) in [6, 6.07) is 8.82. The molecule has 3 aliphatic carbocycles. The van der Waals surface area contributed by atoms with Crippen LogP contribution in [-0.2, 0) is 23.1 Å². The molecule has 4 heteroatoms. The van der Waals surface area contributed by atoms with Gasteiger partial charge in [0.2, 0.25) is 5.88 Å². The fourth-order valence-corrected chi connectivity index (χ4v) is 5.23. The normalized spacial score (nSPS) is 26.8. The summed E-state index contributed by atoms with van der Waals surface area (Å²) >= 11 is 0. The third-order valence-electron chi connectivity index (χ3n) is 6.69. The lowest BCUT2D eigenvalue weighted by molar-refractivity contribution is -0.139. The van der Waals surface area contributed by atoms with Gasteiger partial charge in [-0.1, -0.05) is 26.0 Å². The second kappa shape index (κ2) is 5.09. The summed E-state index contributed by atoms with van der Waals surface area (Å²) in [4.78, 5) is 16.1. The molecule has 3 unspecified atom stereocenters. The molecule has 1 saturated carbocycles. The molecule has 1 aromatic carbocycles. The Bertz CT molecular complexity index is 947. The fourth-order valence-electron chi connectivity index (χ4n) is 5.23. The molecule has 1 N–H and O–H groups in total. The molecular weight excluding hydrogens is 326 g/mol. The van der Waals surface area contributed by atoms with Gasteiger partial charge in [-0.2, -0.15) is 0 Å². The van der Waals surface area contributed by atoms with Crippen molar-refractivity contribution in [2.24, 2.45) is 11.8 Å². The summed E-state index contributed by atoms with van der Waals surface area (Å²) in [5.41, 5.74) is 7.40. The zero-order valence-corrected chi connectivity index (χ0v) is 15.4. The molecule has 26 heavy (non-hydrogen) atoms. The first kappa shape index (κ1) is 15.9. The van der Waals surface area contributed by atoms with Crippen LogP contribution in [-0.4, -0.2) is 23.2 Å². The molecule has 0 aliphatic heterocycles. The van der Waals surface area contributed by atoms with E-state index in [1.807, 2.05) is 0 Å². The number of carboxylic acid groups (broad SMARTS) is 1. The summed E-state index contributed by atoms with van der Waals surface area (Å²) in [6.45, 7) is 4.61. The first-order chi connectivity index (χ1) is 12.4. The van der Waals surface area contributed by atoms with Crippen LogP contribution >= 0.6 is 0 Å². The lowest BCUT2D eigenvalue weighted by Gasteiger charge is -2.19. The number of hydrogen-bond acceptors (Lipinski definition) is 3. The summed E-state index contributed by atoms with van der Waals surface area (Å²) < 4.78 is 5.57. The Morgan fingerprint density at radius 1 is 1.27 bits per heavy atom. The van der Waals surface area contributed by atoms with Crippen molar-refractivity contribution in [2.45, 2.75) is 44.4 Å². The smallest absolute Gasteiger partial charge is 0.307 e. The first-order valence-corrected chi connectivity index (χ1v) is 9.35. The van der Waals surface area contributed by atoms with Gasteiger partial charge in [-0.05, 0) is 59.4 Å². The van der Waals surface area contributed by atoms with Crippen LogP contribution in [0.15, 0.2) is 24.3 Å². The zero-order valence-electron chi connectivity index (χ0n) is 15.4. The molecule has 3 aliphatic rings. The molecule has 4 nitrogen and oxygen atoms in total. The lowest BCUT2D eigenvalue weighted by atomic mass is 9.86. The molecule has 0 amide bonds. The number of aromatic nitrogens is 1. The van der Waals surface area contributed by atoms with E-state index in [1.54, 1.807) is 7.11 Å². The molecule has 1 heterocycles. The molecule has 3 atom stereocenters. The van der Waals surface area contributed by atoms with Gasteiger partial charge in [-0.15, -0.1) is 0 Å². The number of fused-ring (bicyclic) bond motifs is 4. The number of carbonyl (C=O) groups is 1. The highest BCUT2D eigenvalue weighted by atomic mass is 16.5. The van der Waals surface area contributed by atoms with Crippen molar-refractivity contribution >= 4 is 5.97 Å². The minimum absolute atomic E-state index is 0.0832. The minimum Gasteiger partial charge on any atom is -0.481 e. The maximum atomic E-state index is 11.4. The quantitative estimate of drug-likeness (QED) is 0.911. The van der Waals surface area contributed by atoms with Crippen molar-refractivity contribution < 1.29 is 14.6 Å². The Labute approximate surface area is 153 Å². The molecule has 1 fully saturated rings. The van der Waals surface area contributed by atoms with Crippen molar-refractivity contribution in [1.29, 1.82) is 0 Å². The van der Waals surface area contributed by atoms with Crippen molar-refractivity contribution in [2.75, 3.05) is 7.11 Å². The van der Waals surface area contributed by atoms with E-state index in [2.05, 4.69) is 38.1 Å². The summed E-state index contributed by atoms with van der Waals surface area (Å²) in [5, 5.41) is 9.35. The van der Waals surface area contributed by atoms with Crippen LogP contribution in [0.1, 0.15) is 48.4 Å². The van der Waals surface area contributed by atoms with Gasteiger partial charge in [0.05, 0.1) is 18.7 Å². The Kier molecular flexibility index (Phi) is 3.10. The van der Waals surface area contributed by atoms with Crippen LogP contribution in [0.4, 0.5) is 0 Å². The van der Waals surface area contributed by atoms with Gasteiger partial charge < -0.3 is 9.84 Å². The van der Waals surface area contributed by atoms with Crippen LogP contribution < -0.4 is 4.74 Å². The molecular formula is C22H23NO3. The van der Waals surface area contributed by atoms with Gasteiger partial charge in [0.1, 0.15) is 0 Å². The summed E-state index contributed by atoms with van der Waals surface area (Å²) in [6.07, 6.45) is 3.12. The molecule has 0 saturated heterocycles. The van der Waals surface area contributed by atoms with Gasteiger partial charge in [0, 0.05) is 17.0 Å². The highest BCUT2D eigenvalue weighted by molar-refractivity contribution is 5.79. The SMILES string of the molecule is COc1nc(-c2ccc3c(c2)CCC3(C)C)cc2c1C1C(C2)C1C(=O)O. The summed E-state index contributed by atoms with van der Waals surface area (Å²) in [7, 11) is 1.63. The topological polar surface area (TPSA) is 59.4 Å². The number of hydrogen-bond donors (Lipinski definition) is 1. The number of aliphatic carboxylic acids is 1. The molecule has 0 spiro atoms. The molecule has 2 aromatic rings. The van der Waals surface area contributed by atoms with E-state index in [9.17, 15) is 9.90 Å². The maximum absolute atomic E-state index is 11.4. The number of pyridine rings is 1. The Morgan fingerprint density at radius 3 is 2.81 bits per heavy atom. The van der Waals surface area contributed by atoms with Gasteiger partial charge >= 0.3 is 5.97 Å². The lowest BCUT2D eigenvalue weighted by Crippen LogP contribution is -2.11. The Morgan fingerprint density at radius 2 is 2.08 bits per heavy atom. The number of methoxy groups -OCH3 is 1. The fraction of sp³-hybridized carbons (Fsp3) is 0.455. The van der Waals surface area contributed by atoms with Gasteiger partial charge in [-0.3, -0.25) is 4.79 Å². The first-order valence-electron chi connectivity index (χ1n) is 9.35. The number of aryl methyl sites for hydroxylation is 1. The Balaban J connectivity index is 1.56. The van der Waals surface area contributed by atoms with Crippen molar-refractivity contribution in [3.8, 4) is 17.1 Å². The predicted octanol–water partition coefficient (Wildman–Crippen LogP) is 3.95. The monoisotopic (exact) mass is 349 g/mol. The zero-order chi connectivity index (χ0) is 18.2. The predicted molar refractivity (Wildman–Crippen MR) is 98.6 cm³/mol. The van der Waals surface area contributed by atoms with Crippen LogP contribution in [0, 0.1) is 11.8 Å². The van der Waals surface area contributed by atoms with Gasteiger partial charge in [-0.25, -0.2) is 4.98 Å². The van der Waals surface area contributed by atoms with Crippen LogP contribution in [0.25, 0.3) is 11.3 Å². The van der Waals surface area contributed by atoms with Crippen LogP contribution in [0.3, 0.4) is 0 Å². The average molecular weight is 349 g/mol. The largest absolute Gasteiger partial charge is 0.481 e. The second-order valence-corrected chi connectivity index (χ2v) is 8.60. The average Bonchev–Trinajstić information content (AvgIpc) is 3.07. The van der Waals surface area contributed by atoms with Crippen molar-refractivity contribution in [3.05, 3.63) is 46.5 Å². The summed E-state index contributed by atoms with van der Waals surface area (Å²) in [5.74, 6) is -0.0482. The van der Waals surface area contributed by atoms with E-state index in [-0.39, 0.29) is 23.2 Å². The molecule has 0 radical (unpaired) electrons. The standard InChI is InChI=1S/C22H23NO3/c1-22(2)7-6-11-8-12(4-5-15(11)22)16-10-13-9-14-18(19(14)21(24)25)17(13)20(23-16)26-3/h4-5,8,10,14,18-19H,6-7,9H2,1-3H3,(H,24,25).